The summed E-state index contributed by atoms with van der Waals surface area (Å²) in [6, 6.07) is 14.9. The van der Waals surface area contributed by atoms with Crippen LogP contribution >= 0.6 is 0 Å². The van der Waals surface area contributed by atoms with Gasteiger partial charge in [-0.3, -0.25) is 9.59 Å². The van der Waals surface area contributed by atoms with Gasteiger partial charge in [-0.25, -0.2) is 4.98 Å². The van der Waals surface area contributed by atoms with E-state index in [-0.39, 0.29) is 24.4 Å². The van der Waals surface area contributed by atoms with Gasteiger partial charge < -0.3 is 14.8 Å². The van der Waals surface area contributed by atoms with Crippen molar-refractivity contribution < 1.29 is 9.59 Å². The van der Waals surface area contributed by atoms with Crippen LogP contribution in [0.1, 0.15) is 61.4 Å². The van der Waals surface area contributed by atoms with Crippen molar-refractivity contribution in [2.45, 2.75) is 53.1 Å². The van der Waals surface area contributed by atoms with Crippen LogP contribution in [0, 0.1) is 6.92 Å². The predicted molar refractivity (Wildman–Crippen MR) is 124 cm³/mol. The Hall–Kier alpha value is -3.15. The summed E-state index contributed by atoms with van der Waals surface area (Å²) in [5.74, 6) is 0.601. The van der Waals surface area contributed by atoms with Gasteiger partial charge in [0.25, 0.3) is 5.91 Å². The molecule has 1 N–H and O–H groups in total. The van der Waals surface area contributed by atoms with Crippen molar-refractivity contribution >= 4 is 22.8 Å². The number of benzene rings is 2. The Morgan fingerprint density at radius 3 is 2.32 bits per heavy atom. The SMILES string of the molecule is CCCN(CCC)C(=O)Cn1c(C(C)NC(=O)c2ccc(C)cc2)nc2ccccc21. The van der Waals surface area contributed by atoms with Crippen molar-refractivity contribution in [3.63, 3.8) is 0 Å². The number of nitrogens with zero attached hydrogens (tertiary/aromatic N) is 3. The largest absolute Gasteiger partial charge is 0.342 e. The zero-order valence-corrected chi connectivity index (χ0v) is 18.9. The Morgan fingerprint density at radius 2 is 1.68 bits per heavy atom. The van der Waals surface area contributed by atoms with Crippen molar-refractivity contribution in [2.24, 2.45) is 0 Å². The number of fused-ring (bicyclic) bond motifs is 1. The Labute approximate surface area is 184 Å². The molecule has 0 saturated heterocycles. The molecule has 6 nitrogen and oxygen atoms in total. The van der Waals surface area contributed by atoms with E-state index in [1.807, 2.05) is 71.8 Å². The van der Waals surface area contributed by atoms with Crippen LogP contribution in [0.5, 0.6) is 0 Å². The van der Waals surface area contributed by atoms with Gasteiger partial charge >= 0.3 is 0 Å². The molecular weight excluding hydrogens is 388 g/mol. The molecular formula is C25H32N4O2. The number of aromatic nitrogens is 2. The van der Waals surface area contributed by atoms with Crippen LogP contribution in [0.25, 0.3) is 11.0 Å². The molecule has 1 aromatic heterocycles. The third kappa shape index (κ3) is 5.32. The van der Waals surface area contributed by atoms with Gasteiger partial charge in [0.1, 0.15) is 12.4 Å². The first-order chi connectivity index (χ1) is 14.9. The average molecular weight is 421 g/mol. The number of rotatable bonds is 9. The van der Waals surface area contributed by atoms with E-state index in [1.165, 1.54) is 0 Å². The third-order valence-corrected chi connectivity index (χ3v) is 5.37. The summed E-state index contributed by atoms with van der Waals surface area (Å²) < 4.78 is 1.94. The second-order valence-electron chi connectivity index (χ2n) is 7.99. The van der Waals surface area contributed by atoms with E-state index < -0.39 is 0 Å². The molecule has 0 aliphatic rings. The van der Waals surface area contributed by atoms with Crippen LogP contribution in [0.4, 0.5) is 0 Å². The van der Waals surface area contributed by atoms with Crippen LogP contribution in [0.3, 0.4) is 0 Å². The molecule has 31 heavy (non-hydrogen) atoms. The molecule has 6 heteroatoms. The van der Waals surface area contributed by atoms with Crippen LogP contribution in [0.2, 0.25) is 0 Å². The van der Waals surface area contributed by atoms with E-state index in [0.29, 0.717) is 11.4 Å². The molecule has 0 bridgehead atoms. The van der Waals surface area contributed by atoms with Crippen LogP contribution in [-0.4, -0.2) is 39.4 Å². The summed E-state index contributed by atoms with van der Waals surface area (Å²) in [6.45, 7) is 9.75. The van der Waals surface area contributed by atoms with Crippen molar-refractivity contribution in [1.29, 1.82) is 0 Å². The maximum absolute atomic E-state index is 13.1. The minimum Gasteiger partial charge on any atom is -0.342 e. The van der Waals surface area contributed by atoms with Crippen LogP contribution in [-0.2, 0) is 11.3 Å². The number of carbonyl (C=O) groups excluding carboxylic acids is 2. The molecule has 0 aliphatic carbocycles. The molecule has 3 rings (SSSR count). The van der Waals surface area contributed by atoms with Crippen molar-refractivity contribution in [1.82, 2.24) is 19.8 Å². The highest BCUT2D eigenvalue weighted by Gasteiger charge is 2.22. The van der Waals surface area contributed by atoms with Crippen LogP contribution in [0.15, 0.2) is 48.5 Å². The topological polar surface area (TPSA) is 67.2 Å². The van der Waals surface area contributed by atoms with E-state index in [4.69, 9.17) is 4.98 Å². The standard InChI is InChI=1S/C25H32N4O2/c1-5-15-28(16-6-2)23(30)17-29-22-10-8-7-9-21(22)27-24(29)19(4)26-25(31)20-13-11-18(3)12-14-20/h7-14,19H,5-6,15-17H2,1-4H3,(H,26,31). The number of imidazole rings is 1. The summed E-state index contributed by atoms with van der Waals surface area (Å²) in [5, 5.41) is 3.04. The lowest BCUT2D eigenvalue weighted by Gasteiger charge is -2.23. The van der Waals surface area contributed by atoms with Gasteiger partial charge in [-0.15, -0.1) is 0 Å². The minimum absolute atomic E-state index is 0.0742. The first-order valence-electron chi connectivity index (χ1n) is 11.0. The molecule has 3 aromatic rings. The first kappa shape index (κ1) is 22.5. The van der Waals surface area contributed by atoms with E-state index in [2.05, 4.69) is 19.2 Å². The molecule has 0 radical (unpaired) electrons. The smallest absolute Gasteiger partial charge is 0.251 e. The summed E-state index contributed by atoms with van der Waals surface area (Å²) in [5.41, 5.74) is 3.43. The van der Waals surface area contributed by atoms with Gasteiger partial charge in [0.2, 0.25) is 5.91 Å². The summed E-state index contributed by atoms with van der Waals surface area (Å²) in [6.07, 6.45) is 1.85. The monoisotopic (exact) mass is 420 g/mol. The Balaban J connectivity index is 1.88. The molecule has 0 saturated carbocycles. The maximum atomic E-state index is 13.1. The van der Waals surface area contributed by atoms with E-state index >= 15 is 0 Å². The second kappa shape index (κ2) is 10.2. The molecule has 2 amide bonds. The lowest BCUT2D eigenvalue weighted by Crippen LogP contribution is -2.36. The summed E-state index contributed by atoms with van der Waals surface area (Å²) in [7, 11) is 0. The van der Waals surface area contributed by atoms with E-state index in [9.17, 15) is 9.59 Å². The molecule has 1 unspecified atom stereocenters. The van der Waals surface area contributed by atoms with Gasteiger partial charge in [0.05, 0.1) is 17.1 Å². The fourth-order valence-electron chi connectivity index (χ4n) is 3.78. The normalized spacial score (nSPS) is 12.0. The van der Waals surface area contributed by atoms with Gasteiger partial charge in [0, 0.05) is 18.7 Å². The molecule has 0 aliphatic heterocycles. The van der Waals surface area contributed by atoms with Crippen molar-refractivity contribution in [3.8, 4) is 0 Å². The predicted octanol–water partition coefficient (Wildman–Crippen LogP) is 4.48. The number of aryl methyl sites for hydroxylation is 1. The molecule has 0 fully saturated rings. The fraction of sp³-hybridized carbons (Fsp3) is 0.400. The summed E-state index contributed by atoms with van der Waals surface area (Å²) >= 11 is 0. The minimum atomic E-state index is -0.347. The number of hydrogen-bond acceptors (Lipinski definition) is 3. The number of nitrogens with one attached hydrogen (secondary N) is 1. The van der Waals surface area contributed by atoms with Gasteiger partial charge in [-0.1, -0.05) is 43.7 Å². The highest BCUT2D eigenvalue weighted by Crippen LogP contribution is 2.22. The molecule has 2 aromatic carbocycles. The number of amides is 2. The molecule has 0 spiro atoms. The molecule has 1 atom stereocenters. The number of para-hydroxylation sites is 2. The average Bonchev–Trinajstić information content (AvgIpc) is 3.12. The first-order valence-corrected chi connectivity index (χ1v) is 11.0. The highest BCUT2D eigenvalue weighted by atomic mass is 16.2. The van der Waals surface area contributed by atoms with E-state index in [1.54, 1.807) is 0 Å². The second-order valence-corrected chi connectivity index (χ2v) is 7.99. The van der Waals surface area contributed by atoms with Gasteiger partial charge in [-0.05, 0) is 51.0 Å². The lowest BCUT2D eigenvalue weighted by molar-refractivity contribution is -0.131. The Morgan fingerprint density at radius 1 is 1.03 bits per heavy atom. The van der Waals surface area contributed by atoms with Crippen molar-refractivity contribution in [3.05, 3.63) is 65.5 Å². The molecule has 164 valence electrons. The highest BCUT2D eigenvalue weighted by molar-refractivity contribution is 5.94. The van der Waals surface area contributed by atoms with Gasteiger partial charge in [0.15, 0.2) is 0 Å². The Bertz CT molecular complexity index is 1030. The van der Waals surface area contributed by atoms with Crippen molar-refractivity contribution in [2.75, 3.05) is 13.1 Å². The third-order valence-electron chi connectivity index (χ3n) is 5.37. The number of hydrogen-bond donors (Lipinski definition) is 1. The lowest BCUT2D eigenvalue weighted by atomic mass is 10.1. The zero-order chi connectivity index (χ0) is 22.4. The fourth-order valence-corrected chi connectivity index (χ4v) is 3.78. The van der Waals surface area contributed by atoms with E-state index in [0.717, 1.165) is 42.5 Å². The van der Waals surface area contributed by atoms with Crippen LogP contribution < -0.4 is 5.32 Å². The quantitative estimate of drug-likeness (QED) is 0.555. The summed E-state index contributed by atoms with van der Waals surface area (Å²) in [4.78, 5) is 32.5. The molecule has 1 heterocycles. The van der Waals surface area contributed by atoms with Gasteiger partial charge in [-0.2, -0.15) is 0 Å². The number of carbonyl (C=O) groups is 2. The Kier molecular flexibility index (Phi) is 7.45. The zero-order valence-electron chi connectivity index (χ0n) is 18.9. The maximum Gasteiger partial charge on any atom is 0.251 e.